The topological polar surface area (TPSA) is 72.9 Å². The Morgan fingerprint density at radius 1 is 0.917 bits per heavy atom. The predicted octanol–water partition coefficient (Wildman–Crippen LogP) is 5.46. The average Bonchev–Trinajstić information content (AvgIpc) is 2.83. The van der Waals surface area contributed by atoms with Gasteiger partial charge in [0, 0.05) is 12.6 Å². The Hall–Kier alpha value is -3.53. The number of hydrogen-bond donors (Lipinski definition) is 0. The number of benzene rings is 3. The molecule has 0 N–H and O–H groups in total. The average molecular weight is 522 g/mol. The molecule has 0 aliphatic rings. The predicted molar refractivity (Wildman–Crippen MR) is 128 cm³/mol. The van der Waals surface area contributed by atoms with Gasteiger partial charge < -0.3 is 13.8 Å². The van der Waals surface area contributed by atoms with Crippen LogP contribution < -0.4 is 8.92 Å². The molecular formula is C26H26F3NO5S. The van der Waals surface area contributed by atoms with Crippen LogP contribution in [0.25, 0.3) is 0 Å². The lowest BCUT2D eigenvalue weighted by Gasteiger charge is -2.27. The van der Waals surface area contributed by atoms with Crippen LogP contribution >= 0.6 is 0 Å². The third-order valence-electron chi connectivity index (χ3n) is 5.39. The molecule has 0 aromatic heterocycles. The van der Waals surface area contributed by atoms with E-state index in [0.29, 0.717) is 11.8 Å². The van der Waals surface area contributed by atoms with E-state index in [1.54, 1.807) is 36.3 Å². The summed E-state index contributed by atoms with van der Waals surface area (Å²) in [6.07, 6.45) is -4.47. The molecule has 0 unspecified atom stereocenters. The van der Waals surface area contributed by atoms with Gasteiger partial charge in [0.15, 0.2) is 0 Å². The normalized spacial score (nSPS) is 11.9. The fraction of sp³-hybridized carbons (Fsp3) is 0.269. The van der Waals surface area contributed by atoms with Crippen molar-refractivity contribution in [2.75, 3.05) is 7.11 Å². The van der Waals surface area contributed by atoms with Crippen LogP contribution in [-0.2, 0) is 34.1 Å². The zero-order valence-corrected chi connectivity index (χ0v) is 20.8. The molecule has 0 spiro atoms. The lowest BCUT2D eigenvalue weighted by atomic mass is 10.1. The Kier molecular flexibility index (Phi) is 8.29. The van der Waals surface area contributed by atoms with E-state index in [2.05, 4.69) is 0 Å². The summed E-state index contributed by atoms with van der Waals surface area (Å²) in [6, 6.07) is 16.5. The highest BCUT2D eigenvalue weighted by Crippen LogP contribution is 2.31. The Morgan fingerprint density at radius 2 is 1.50 bits per heavy atom. The Morgan fingerprint density at radius 3 is 2.06 bits per heavy atom. The van der Waals surface area contributed by atoms with Crippen LogP contribution in [0.3, 0.4) is 0 Å². The highest BCUT2D eigenvalue weighted by molar-refractivity contribution is 7.87. The van der Waals surface area contributed by atoms with Crippen molar-refractivity contribution in [2.24, 2.45) is 0 Å². The molecule has 0 saturated heterocycles. The van der Waals surface area contributed by atoms with E-state index in [-0.39, 0.29) is 30.7 Å². The molecular weight excluding hydrogens is 495 g/mol. The van der Waals surface area contributed by atoms with Gasteiger partial charge in [-0.2, -0.15) is 21.6 Å². The van der Waals surface area contributed by atoms with Crippen molar-refractivity contribution < 1.29 is 35.3 Å². The Balaban J connectivity index is 1.69. The molecule has 0 saturated carbocycles. The maximum atomic E-state index is 12.9. The molecule has 3 aromatic rings. The number of nitrogens with zero attached hydrogens (tertiary/aromatic N) is 1. The van der Waals surface area contributed by atoms with Gasteiger partial charge in [0.2, 0.25) is 5.91 Å². The number of carbonyl (C=O) groups excluding carboxylic acids is 1. The van der Waals surface area contributed by atoms with Gasteiger partial charge >= 0.3 is 16.3 Å². The maximum absolute atomic E-state index is 12.9. The zero-order valence-electron chi connectivity index (χ0n) is 20.0. The second-order valence-electron chi connectivity index (χ2n) is 8.35. The molecule has 0 aliphatic heterocycles. The summed E-state index contributed by atoms with van der Waals surface area (Å²) < 4.78 is 73.9. The van der Waals surface area contributed by atoms with E-state index in [1.165, 1.54) is 12.1 Å². The fourth-order valence-electron chi connectivity index (χ4n) is 3.43. The van der Waals surface area contributed by atoms with Crippen molar-refractivity contribution in [2.45, 2.75) is 43.9 Å². The Bertz CT molecular complexity index is 1290. The number of rotatable bonds is 9. The SMILES string of the molecule is COc1ccc(CC(=O)N(Cc2ccc(OS(=O)(=O)c3cccc(C(F)(F)F)c3)cc2)C(C)C)cc1. The van der Waals surface area contributed by atoms with Crippen molar-refractivity contribution in [3.05, 3.63) is 89.5 Å². The van der Waals surface area contributed by atoms with Crippen LogP contribution in [0.1, 0.15) is 30.5 Å². The van der Waals surface area contributed by atoms with E-state index < -0.39 is 26.8 Å². The number of hydrogen-bond acceptors (Lipinski definition) is 5. The van der Waals surface area contributed by atoms with Gasteiger partial charge in [-0.05, 0) is 67.4 Å². The van der Waals surface area contributed by atoms with E-state index in [4.69, 9.17) is 8.92 Å². The monoisotopic (exact) mass is 521 g/mol. The number of amides is 1. The first kappa shape index (κ1) is 27.1. The minimum atomic E-state index is -4.68. The molecule has 0 radical (unpaired) electrons. The second-order valence-corrected chi connectivity index (χ2v) is 9.89. The van der Waals surface area contributed by atoms with Crippen LogP contribution in [0.2, 0.25) is 0 Å². The molecule has 3 rings (SSSR count). The van der Waals surface area contributed by atoms with Gasteiger partial charge in [0.05, 0.1) is 19.1 Å². The number of carbonyl (C=O) groups is 1. The van der Waals surface area contributed by atoms with Gasteiger partial charge in [-0.25, -0.2) is 0 Å². The molecule has 192 valence electrons. The second kappa shape index (κ2) is 11.0. The molecule has 36 heavy (non-hydrogen) atoms. The first-order valence-corrected chi connectivity index (χ1v) is 12.4. The molecule has 3 aromatic carbocycles. The number of methoxy groups -OCH3 is 1. The molecule has 6 nitrogen and oxygen atoms in total. The van der Waals surface area contributed by atoms with Crippen LogP contribution in [0, 0.1) is 0 Å². The van der Waals surface area contributed by atoms with Crippen molar-refractivity contribution in [1.29, 1.82) is 0 Å². The molecule has 0 bridgehead atoms. The summed E-state index contributed by atoms with van der Waals surface area (Å²) in [5.74, 6) is 0.559. The molecule has 0 heterocycles. The summed E-state index contributed by atoms with van der Waals surface area (Å²) in [7, 11) is -2.90. The van der Waals surface area contributed by atoms with Gasteiger partial charge in [0.25, 0.3) is 0 Å². The van der Waals surface area contributed by atoms with Crippen molar-refractivity contribution in [3.63, 3.8) is 0 Å². The van der Waals surface area contributed by atoms with Crippen LogP contribution in [0.5, 0.6) is 11.5 Å². The summed E-state index contributed by atoms with van der Waals surface area (Å²) in [6.45, 7) is 4.07. The smallest absolute Gasteiger partial charge is 0.416 e. The van der Waals surface area contributed by atoms with E-state index in [9.17, 15) is 26.4 Å². The zero-order chi connectivity index (χ0) is 26.5. The standard InChI is InChI=1S/C26H26F3NO5S/c1-18(2)30(25(31)15-19-7-11-22(34-3)12-8-19)17-20-9-13-23(14-10-20)35-36(32,33)24-6-4-5-21(16-24)26(27,28)29/h4-14,16,18H,15,17H2,1-3H3. The third kappa shape index (κ3) is 7.00. The summed E-state index contributed by atoms with van der Waals surface area (Å²) in [5, 5.41) is 0. The van der Waals surface area contributed by atoms with Crippen molar-refractivity contribution in [1.82, 2.24) is 4.90 Å². The van der Waals surface area contributed by atoms with Crippen LogP contribution in [0.4, 0.5) is 13.2 Å². The number of alkyl halides is 3. The quantitative estimate of drug-likeness (QED) is 0.350. The highest BCUT2D eigenvalue weighted by Gasteiger charge is 2.32. The Labute approximate surface area is 208 Å². The first-order valence-electron chi connectivity index (χ1n) is 11.0. The van der Waals surface area contributed by atoms with Gasteiger partial charge in [-0.3, -0.25) is 4.79 Å². The van der Waals surface area contributed by atoms with Gasteiger partial charge in [-0.15, -0.1) is 0 Å². The lowest BCUT2D eigenvalue weighted by Crippen LogP contribution is -2.37. The third-order valence-corrected chi connectivity index (χ3v) is 6.63. The fourth-order valence-corrected chi connectivity index (χ4v) is 4.41. The molecule has 10 heteroatoms. The van der Waals surface area contributed by atoms with Crippen LogP contribution in [-0.4, -0.2) is 32.4 Å². The van der Waals surface area contributed by atoms with Crippen molar-refractivity contribution >= 4 is 16.0 Å². The molecule has 0 aliphatic carbocycles. The van der Waals surface area contributed by atoms with E-state index >= 15 is 0 Å². The van der Waals surface area contributed by atoms with E-state index in [1.807, 2.05) is 26.0 Å². The first-order chi connectivity index (χ1) is 16.9. The minimum Gasteiger partial charge on any atom is -0.497 e. The largest absolute Gasteiger partial charge is 0.497 e. The number of halogens is 3. The molecule has 1 amide bonds. The van der Waals surface area contributed by atoms with Gasteiger partial charge in [-0.1, -0.05) is 30.3 Å². The summed E-state index contributed by atoms with van der Waals surface area (Å²) >= 11 is 0. The van der Waals surface area contributed by atoms with Crippen molar-refractivity contribution in [3.8, 4) is 11.5 Å². The van der Waals surface area contributed by atoms with E-state index in [0.717, 1.165) is 29.3 Å². The van der Waals surface area contributed by atoms with Gasteiger partial charge in [0.1, 0.15) is 16.4 Å². The highest BCUT2D eigenvalue weighted by atomic mass is 32.2. The minimum absolute atomic E-state index is 0.0585. The van der Waals surface area contributed by atoms with Crippen LogP contribution in [0.15, 0.2) is 77.7 Å². The number of ether oxygens (including phenoxy) is 1. The lowest BCUT2D eigenvalue weighted by molar-refractivity contribution is -0.137. The molecule has 0 atom stereocenters. The molecule has 0 fully saturated rings. The maximum Gasteiger partial charge on any atom is 0.416 e. The summed E-state index contributed by atoms with van der Waals surface area (Å²) in [5.41, 5.74) is 0.487. The summed E-state index contributed by atoms with van der Waals surface area (Å²) in [4.78, 5) is 14.0.